The number of hydrogen-bond acceptors (Lipinski definition) is 2. The molecule has 52 valence electrons. The monoisotopic (exact) mass is 147 g/mol. The molecule has 0 fully saturated rings. The van der Waals surface area contributed by atoms with E-state index in [1.807, 2.05) is 13.8 Å². The van der Waals surface area contributed by atoms with Crippen LogP contribution in [0.25, 0.3) is 0 Å². The number of aromatic amines is 1. The van der Waals surface area contributed by atoms with Crippen LogP contribution in [0.3, 0.4) is 0 Å². The summed E-state index contributed by atoms with van der Waals surface area (Å²) in [6, 6.07) is 0. The van der Waals surface area contributed by atoms with E-state index in [2.05, 4.69) is 9.97 Å². The highest BCUT2D eigenvalue weighted by Crippen LogP contribution is 2.03. The van der Waals surface area contributed by atoms with Crippen molar-refractivity contribution < 1.29 is 0 Å². The average Bonchev–Trinajstić information content (AvgIpc) is 1.85. The lowest BCUT2D eigenvalue weighted by Crippen LogP contribution is -1.85. The number of H-pyrrole nitrogens is 1. The van der Waals surface area contributed by atoms with Crippen LogP contribution in [0.2, 0.25) is 0 Å². The third-order valence-electron chi connectivity index (χ3n) is 1.04. The molecule has 0 aliphatic carbocycles. The molecule has 9 heavy (non-hydrogen) atoms. The third-order valence-corrected chi connectivity index (χ3v) is 1.04. The molecule has 4 heteroatoms. The molecule has 3 N–H and O–H groups in total. The lowest BCUT2D eigenvalue weighted by molar-refractivity contribution is 1.13. The zero-order valence-electron chi connectivity index (χ0n) is 5.43. The zero-order valence-corrected chi connectivity index (χ0v) is 6.25. The number of imidazole rings is 1. The quantitative estimate of drug-likeness (QED) is 0.576. The second kappa shape index (κ2) is 2.73. The number of anilines is 1. The van der Waals surface area contributed by atoms with Gasteiger partial charge in [-0.2, -0.15) is 0 Å². The molecule has 0 amide bonds. The van der Waals surface area contributed by atoms with Crippen molar-refractivity contribution in [2.24, 2.45) is 0 Å². The van der Waals surface area contributed by atoms with E-state index in [-0.39, 0.29) is 12.4 Å². The van der Waals surface area contributed by atoms with Crippen molar-refractivity contribution in [1.29, 1.82) is 0 Å². The number of aromatic nitrogens is 2. The minimum atomic E-state index is 0. The van der Waals surface area contributed by atoms with Crippen LogP contribution in [0.1, 0.15) is 11.5 Å². The fourth-order valence-corrected chi connectivity index (χ4v) is 0.628. The van der Waals surface area contributed by atoms with Crippen LogP contribution < -0.4 is 5.73 Å². The molecule has 0 saturated carbocycles. The van der Waals surface area contributed by atoms with E-state index < -0.39 is 0 Å². The molecule has 0 aromatic carbocycles. The third kappa shape index (κ3) is 1.61. The van der Waals surface area contributed by atoms with Crippen molar-refractivity contribution in [3.63, 3.8) is 0 Å². The fourth-order valence-electron chi connectivity index (χ4n) is 0.628. The van der Waals surface area contributed by atoms with Crippen molar-refractivity contribution in [2.45, 2.75) is 13.8 Å². The summed E-state index contributed by atoms with van der Waals surface area (Å²) in [5.41, 5.74) is 6.35. The van der Waals surface area contributed by atoms with Gasteiger partial charge >= 0.3 is 0 Å². The minimum Gasteiger partial charge on any atom is -0.382 e. The van der Waals surface area contributed by atoms with Crippen LogP contribution in [-0.4, -0.2) is 9.97 Å². The maximum atomic E-state index is 5.40. The second-order valence-electron chi connectivity index (χ2n) is 1.83. The molecular weight excluding hydrogens is 138 g/mol. The Morgan fingerprint density at radius 2 is 2.00 bits per heavy atom. The first-order valence-corrected chi connectivity index (χ1v) is 2.49. The van der Waals surface area contributed by atoms with Crippen molar-refractivity contribution in [3.05, 3.63) is 11.5 Å². The van der Waals surface area contributed by atoms with Gasteiger partial charge in [0.2, 0.25) is 0 Å². The lowest BCUT2D eigenvalue weighted by Gasteiger charge is -1.79. The van der Waals surface area contributed by atoms with E-state index in [0.29, 0.717) is 5.82 Å². The molecule has 1 aromatic rings. The first-order chi connectivity index (χ1) is 3.70. The Labute approximate surface area is 60.1 Å². The van der Waals surface area contributed by atoms with Gasteiger partial charge in [0.1, 0.15) is 11.6 Å². The highest BCUT2D eigenvalue weighted by atomic mass is 35.5. The van der Waals surface area contributed by atoms with Crippen molar-refractivity contribution in [3.8, 4) is 0 Å². The summed E-state index contributed by atoms with van der Waals surface area (Å²) in [4.78, 5) is 6.90. The number of rotatable bonds is 0. The Hall–Kier alpha value is -0.700. The second-order valence-corrected chi connectivity index (χ2v) is 1.83. The van der Waals surface area contributed by atoms with Crippen molar-refractivity contribution in [2.75, 3.05) is 5.73 Å². The maximum absolute atomic E-state index is 5.40. The first-order valence-electron chi connectivity index (χ1n) is 2.49. The maximum Gasteiger partial charge on any atom is 0.144 e. The van der Waals surface area contributed by atoms with Gasteiger partial charge in [-0.05, 0) is 13.8 Å². The van der Waals surface area contributed by atoms with Gasteiger partial charge in [0, 0.05) is 0 Å². The predicted molar refractivity (Wildman–Crippen MR) is 39.7 cm³/mol. The number of nitrogens with zero attached hydrogens (tertiary/aromatic N) is 1. The first kappa shape index (κ1) is 8.30. The van der Waals surface area contributed by atoms with E-state index >= 15 is 0 Å². The molecule has 0 saturated heterocycles. The molecule has 1 rings (SSSR count). The van der Waals surface area contributed by atoms with Crippen LogP contribution in [0.4, 0.5) is 5.82 Å². The summed E-state index contributed by atoms with van der Waals surface area (Å²) in [6.45, 7) is 3.78. The number of nitrogen functional groups attached to an aromatic ring is 1. The van der Waals surface area contributed by atoms with Gasteiger partial charge in [0.15, 0.2) is 0 Å². The molecule has 1 heterocycles. The normalized spacial score (nSPS) is 8.67. The number of hydrogen-bond donors (Lipinski definition) is 2. The lowest BCUT2D eigenvalue weighted by atomic mass is 10.5. The van der Waals surface area contributed by atoms with Crippen LogP contribution in [-0.2, 0) is 0 Å². The zero-order chi connectivity index (χ0) is 6.15. The molecule has 0 atom stereocenters. The van der Waals surface area contributed by atoms with E-state index in [4.69, 9.17) is 5.73 Å². The van der Waals surface area contributed by atoms with Crippen LogP contribution in [0, 0.1) is 13.8 Å². The highest BCUT2D eigenvalue weighted by Gasteiger charge is 1.94. The van der Waals surface area contributed by atoms with Crippen LogP contribution in [0.15, 0.2) is 0 Å². The van der Waals surface area contributed by atoms with Gasteiger partial charge in [-0.3, -0.25) is 0 Å². The Bertz CT molecular complexity index is 175. The summed E-state index contributed by atoms with van der Waals surface area (Å²) in [6.07, 6.45) is 0. The van der Waals surface area contributed by atoms with E-state index in [1.165, 1.54) is 0 Å². The Balaban J connectivity index is 0.000000640. The van der Waals surface area contributed by atoms with E-state index in [1.54, 1.807) is 0 Å². The van der Waals surface area contributed by atoms with Gasteiger partial charge in [-0.1, -0.05) is 0 Å². The summed E-state index contributed by atoms with van der Waals surface area (Å²) < 4.78 is 0. The number of nitrogens with two attached hydrogens (primary N) is 1. The fraction of sp³-hybridized carbons (Fsp3) is 0.400. The highest BCUT2D eigenvalue weighted by molar-refractivity contribution is 5.85. The van der Waals surface area contributed by atoms with Gasteiger partial charge in [0.05, 0.1) is 5.69 Å². The van der Waals surface area contributed by atoms with Crippen LogP contribution >= 0.6 is 12.4 Å². The minimum absolute atomic E-state index is 0. The van der Waals surface area contributed by atoms with Crippen molar-refractivity contribution >= 4 is 18.2 Å². The van der Waals surface area contributed by atoms with E-state index in [0.717, 1.165) is 11.5 Å². The van der Waals surface area contributed by atoms with Gasteiger partial charge in [-0.15, -0.1) is 12.4 Å². The Kier molecular flexibility index (Phi) is 2.52. The van der Waals surface area contributed by atoms with E-state index in [9.17, 15) is 0 Å². The van der Waals surface area contributed by atoms with Gasteiger partial charge < -0.3 is 10.7 Å². The van der Waals surface area contributed by atoms with Gasteiger partial charge in [-0.25, -0.2) is 4.98 Å². The molecule has 1 aromatic heterocycles. The SMILES string of the molecule is Cc1nc(N)c(C)[nH]1.Cl. The predicted octanol–water partition coefficient (Wildman–Crippen LogP) is 1.03. The molecule has 0 unspecified atom stereocenters. The molecule has 3 nitrogen and oxygen atoms in total. The topological polar surface area (TPSA) is 54.7 Å². The summed E-state index contributed by atoms with van der Waals surface area (Å²) >= 11 is 0. The average molecular weight is 148 g/mol. The molecular formula is C5H10ClN3. The smallest absolute Gasteiger partial charge is 0.144 e. The summed E-state index contributed by atoms with van der Waals surface area (Å²) in [5, 5.41) is 0. The molecule has 0 aliphatic rings. The summed E-state index contributed by atoms with van der Waals surface area (Å²) in [5.74, 6) is 1.47. The van der Waals surface area contributed by atoms with Crippen LogP contribution in [0.5, 0.6) is 0 Å². The standard InChI is InChI=1S/C5H9N3.ClH/c1-3-5(6)8-4(2)7-3;/h6H2,1-2H3,(H,7,8);1H. The van der Waals surface area contributed by atoms with Gasteiger partial charge in [0.25, 0.3) is 0 Å². The molecule has 0 aliphatic heterocycles. The van der Waals surface area contributed by atoms with Crippen molar-refractivity contribution in [1.82, 2.24) is 9.97 Å². The number of aryl methyl sites for hydroxylation is 2. The number of nitrogens with one attached hydrogen (secondary N) is 1. The number of halogens is 1. The summed E-state index contributed by atoms with van der Waals surface area (Å²) in [7, 11) is 0. The Morgan fingerprint density at radius 1 is 1.44 bits per heavy atom. The largest absolute Gasteiger partial charge is 0.382 e. The Morgan fingerprint density at radius 3 is 2.11 bits per heavy atom. The molecule has 0 bridgehead atoms. The molecule has 0 spiro atoms. The molecule has 0 radical (unpaired) electrons.